The number of aromatic nitrogens is 3. The summed E-state index contributed by atoms with van der Waals surface area (Å²) in [7, 11) is 3.14. The molecule has 0 fully saturated rings. The second kappa shape index (κ2) is 11.9. The molecule has 4 aromatic rings. The minimum absolute atomic E-state index is 0.0610. The Morgan fingerprint density at radius 3 is 2.43 bits per heavy atom. The fourth-order valence-electron chi connectivity index (χ4n) is 3.57. The molecule has 2 heterocycles. The SMILES string of the molecule is CCc1nnc(NC(=O)CSc2nc(-c3ccc(C)cc3)cc(-c3ccc(OC)c(OC)c3)c2C#N)s1. The molecule has 1 amide bonds. The number of thioether (sulfide) groups is 1. The normalized spacial score (nSPS) is 10.6. The fourth-order valence-corrected chi connectivity index (χ4v) is 5.07. The molecule has 0 atom stereocenters. The number of carbonyl (C=O) groups excluding carboxylic acids is 1. The van der Waals surface area contributed by atoms with Crippen molar-refractivity contribution in [3.8, 4) is 40.0 Å². The Morgan fingerprint density at radius 2 is 1.78 bits per heavy atom. The summed E-state index contributed by atoms with van der Waals surface area (Å²) in [5.41, 5.74) is 4.58. The van der Waals surface area contributed by atoms with Crippen molar-refractivity contribution in [2.24, 2.45) is 0 Å². The topological polar surface area (TPSA) is 110 Å². The summed E-state index contributed by atoms with van der Waals surface area (Å²) in [6.45, 7) is 4.00. The van der Waals surface area contributed by atoms with E-state index in [1.807, 2.05) is 56.3 Å². The summed E-state index contributed by atoms with van der Waals surface area (Å²) in [6, 6.07) is 17.7. The third-order valence-electron chi connectivity index (χ3n) is 5.50. The smallest absolute Gasteiger partial charge is 0.236 e. The number of aryl methyl sites for hydroxylation is 2. The summed E-state index contributed by atoms with van der Waals surface area (Å²) < 4.78 is 10.9. The largest absolute Gasteiger partial charge is 0.493 e. The number of amides is 1. The molecule has 0 spiro atoms. The molecule has 188 valence electrons. The fraction of sp³-hybridized carbons (Fsp3) is 0.222. The lowest BCUT2D eigenvalue weighted by molar-refractivity contribution is -0.113. The van der Waals surface area contributed by atoms with Crippen LogP contribution in [0.1, 0.15) is 23.1 Å². The van der Waals surface area contributed by atoms with Crippen molar-refractivity contribution in [2.45, 2.75) is 25.3 Å². The van der Waals surface area contributed by atoms with Crippen molar-refractivity contribution >= 4 is 34.1 Å². The molecule has 0 aliphatic rings. The third kappa shape index (κ3) is 6.07. The van der Waals surface area contributed by atoms with Crippen molar-refractivity contribution in [2.75, 3.05) is 25.3 Å². The van der Waals surface area contributed by atoms with Crippen LogP contribution in [0, 0.1) is 18.3 Å². The van der Waals surface area contributed by atoms with Gasteiger partial charge >= 0.3 is 0 Å². The number of nitrogens with one attached hydrogen (secondary N) is 1. The van der Waals surface area contributed by atoms with E-state index in [-0.39, 0.29) is 11.7 Å². The number of methoxy groups -OCH3 is 2. The first kappa shape index (κ1) is 26.1. The number of nitriles is 1. The zero-order valence-electron chi connectivity index (χ0n) is 20.9. The highest BCUT2D eigenvalue weighted by molar-refractivity contribution is 8.00. The van der Waals surface area contributed by atoms with Crippen LogP contribution in [0.25, 0.3) is 22.4 Å². The van der Waals surface area contributed by atoms with Gasteiger partial charge in [0.2, 0.25) is 11.0 Å². The molecule has 2 aromatic heterocycles. The minimum Gasteiger partial charge on any atom is -0.493 e. The molecule has 0 bridgehead atoms. The first-order valence-electron chi connectivity index (χ1n) is 11.4. The predicted octanol–water partition coefficient (Wildman–Crippen LogP) is 5.76. The Hall–Kier alpha value is -3.94. The molecule has 0 aliphatic heterocycles. The second-order valence-corrected chi connectivity index (χ2v) is 10.0. The van der Waals surface area contributed by atoms with Gasteiger partial charge in [-0.25, -0.2) is 4.98 Å². The number of anilines is 1. The molecule has 10 heteroatoms. The predicted molar refractivity (Wildman–Crippen MR) is 146 cm³/mol. The quantitative estimate of drug-likeness (QED) is 0.272. The summed E-state index contributed by atoms with van der Waals surface area (Å²) in [5.74, 6) is 0.954. The zero-order valence-corrected chi connectivity index (χ0v) is 22.5. The zero-order chi connectivity index (χ0) is 26.4. The van der Waals surface area contributed by atoms with Gasteiger partial charge in [-0.3, -0.25) is 10.1 Å². The van der Waals surface area contributed by atoms with E-state index in [0.29, 0.717) is 38.5 Å². The lowest BCUT2D eigenvalue weighted by atomic mass is 9.98. The maximum absolute atomic E-state index is 12.7. The lowest BCUT2D eigenvalue weighted by Crippen LogP contribution is -2.14. The van der Waals surface area contributed by atoms with Crippen LogP contribution in [0.2, 0.25) is 0 Å². The second-order valence-electron chi connectivity index (χ2n) is 7.97. The highest BCUT2D eigenvalue weighted by Crippen LogP contribution is 2.38. The van der Waals surface area contributed by atoms with Crippen molar-refractivity contribution in [1.82, 2.24) is 15.2 Å². The van der Waals surface area contributed by atoms with Crippen LogP contribution < -0.4 is 14.8 Å². The Kier molecular flexibility index (Phi) is 8.38. The molecule has 37 heavy (non-hydrogen) atoms. The monoisotopic (exact) mass is 531 g/mol. The summed E-state index contributed by atoms with van der Waals surface area (Å²) >= 11 is 2.55. The molecule has 0 radical (unpaired) electrons. The average molecular weight is 532 g/mol. The van der Waals surface area contributed by atoms with Crippen LogP contribution in [0.5, 0.6) is 11.5 Å². The standard InChI is InChI=1S/C27H25N5O3S2/c1-5-25-31-32-27(37-25)30-24(33)15-36-26-20(14-28)19(18-10-11-22(34-3)23(12-18)35-4)13-21(29-26)17-8-6-16(2)7-9-17/h6-13H,5,15H2,1-4H3,(H,30,32,33). The van der Waals surface area contributed by atoms with Gasteiger partial charge in [-0.15, -0.1) is 10.2 Å². The van der Waals surface area contributed by atoms with Crippen LogP contribution in [-0.4, -0.2) is 41.1 Å². The van der Waals surface area contributed by atoms with E-state index in [1.165, 1.54) is 23.1 Å². The van der Waals surface area contributed by atoms with Crippen molar-refractivity contribution in [1.29, 1.82) is 5.26 Å². The Bertz CT molecular complexity index is 1460. The van der Waals surface area contributed by atoms with Gasteiger partial charge in [0, 0.05) is 11.1 Å². The summed E-state index contributed by atoms with van der Waals surface area (Å²) in [6.07, 6.45) is 0.752. The Labute approximate surface area is 223 Å². The number of benzene rings is 2. The van der Waals surface area contributed by atoms with Gasteiger partial charge in [0.05, 0.1) is 31.2 Å². The minimum atomic E-state index is -0.247. The number of ether oxygens (including phenoxy) is 2. The molecule has 8 nitrogen and oxygen atoms in total. The molecule has 0 unspecified atom stereocenters. The van der Waals surface area contributed by atoms with E-state index < -0.39 is 0 Å². The molecule has 0 saturated carbocycles. The van der Waals surface area contributed by atoms with Crippen molar-refractivity contribution in [3.05, 3.63) is 64.7 Å². The van der Waals surface area contributed by atoms with E-state index >= 15 is 0 Å². The van der Waals surface area contributed by atoms with E-state index in [1.54, 1.807) is 20.3 Å². The highest BCUT2D eigenvalue weighted by atomic mass is 32.2. The summed E-state index contributed by atoms with van der Waals surface area (Å²) in [5, 5.41) is 22.7. The molecular formula is C27H25N5O3S2. The first-order valence-corrected chi connectivity index (χ1v) is 13.3. The molecule has 4 rings (SSSR count). The van der Waals surface area contributed by atoms with Crippen LogP contribution in [-0.2, 0) is 11.2 Å². The number of hydrogen-bond acceptors (Lipinski definition) is 9. The van der Waals surface area contributed by atoms with Crippen molar-refractivity contribution < 1.29 is 14.3 Å². The number of carbonyl (C=O) groups is 1. The molecule has 1 N–H and O–H groups in total. The van der Waals surface area contributed by atoms with Crippen LogP contribution in [0.3, 0.4) is 0 Å². The van der Waals surface area contributed by atoms with Gasteiger partial charge in [-0.05, 0) is 37.1 Å². The lowest BCUT2D eigenvalue weighted by Gasteiger charge is -2.14. The Balaban J connectivity index is 1.72. The number of hydrogen-bond donors (Lipinski definition) is 1. The van der Waals surface area contributed by atoms with E-state index in [0.717, 1.165) is 28.1 Å². The van der Waals surface area contributed by atoms with Gasteiger partial charge in [-0.2, -0.15) is 5.26 Å². The van der Waals surface area contributed by atoms with Gasteiger partial charge < -0.3 is 9.47 Å². The van der Waals surface area contributed by atoms with Crippen molar-refractivity contribution in [3.63, 3.8) is 0 Å². The maximum Gasteiger partial charge on any atom is 0.236 e. The molecule has 2 aromatic carbocycles. The van der Waals surface area contributed by atoms with E-state index in [9.17, 15) is 10.1 Å². The van der Waals surface area contributed by atoms with E-state index in [2.05, 4.69) is 21.6 Å². The van der Waals surface area contributed by atoms with Gasteiger partial charge in [0.25, 0.3) is 0 Å². The van der Waals surface area contributed by atoms with Gasteiger partial charge in [0.15, 0.2) is 11.5 Å². The molecular weight excluding hydrogens is 506 g/mol. The summed E-state index contributed by atoms with van der Waals surface area (Å²) in [4.78, 5) is 17.4. The van der Waals surface area contributed by atoms with Gasteiger partial charge in [0.1, 0.15) is 16.1 Å². The van der Waals surface area contributed by atoms with Crippen LogP contribution >= 0.6 is 23.1 Å². The number of pyridine rings is 1. The Morgan fingerprint density at radius 1 is 1.05 bits per heavy atom. The molecule has 0 aliphatic carbocycles. The van der Waals surface area contributed by atoms with Crippen LogP contribution in [0.15, 0.2) is 53.6 Å². The number of rotatable bonds is 9. The first-order chi connectivity index (χ1) is 17.9. The highest BCUT2D eigenvalue weighted by Gasteiger charge is 2.19. The van der Waals surface area contributed by atoms with Crippen LogP contribution in [0.4, 0.5) is 5.13 Å². The molecule has 0 saturated heterocycles. The number of nitrogens with zero attached hydrogens (tertiary/aromatic N) is 4. The van der Waals surface area contributed by atoms with E-state index in [4.69, 9.17) is 14.5 Å². The van der Waals surface area contributed by atoms with Gasteiger partial charge in [-0.1, -0.05) is 65.9 Å². The maximum atomic E-state index is 12.7. The average Bonchev–Trinajstić information content (AvgIpc) is 3.38. The third-order valence-corrected chi connectivity index (χ3v) is 7.45.